The standard InChI is InChI=1S/C22H29N3O3/c1-14-12-18(6-7-20(14)27-3)19(16-4-5-16)13-21(26)25-10-8-17(9-11-25)22-24-23-15(2)28-22/h6-7,12,16-17,19H,4-5,8-11,13H2,1-3H3. The van der Waals surface area contributed by atoms with Gasteiger partial charge in [-0.05, 0) is 61.6 Å². The fourth-order valence-electron chi connectivity index (χ4n) is 4.36. The molecule has 2 aromatic rings. The van der Waals surface area contributed by atoms with Crippen molar-refractivity contribution in [2.45, 2.75) is 57.8 Å². The maximum Gasteiger partial charge on any atom is 0.223 e. The van der Waals surface area contributed by atoms with Crippen molar-refractivity contribution in [1.82, 2.24) is 15.1 Å². The van der Waals surface area contributed by atoms with Gasteiger partial charge in [0.2, 0.25) is 17.7 Å². The van der Waals surface area contributed by atoms with Crippen molar-refractivity contribution in [2.24, 2.45) is 5.92 Å². The number of nitrogens with zero attached hydrogens (tertiary/aromatic N) is 3. The third-order valence-electron chi connectivity index (χ3n) is 6.17. The molecule has 1 aromatic heterocycles. The summed E-state index contributed by atoms with van der Waals surface area (Å²) in [6, 6.07) is 6.36. The molecule has 1 aromatic carbocycles. The fourth-order valence-corrected chi connectivity index (χ4v) is 4.36. The maximum atomic E-state index is 13.0. The predicted octanol–water partition coefficient (Wildman–Crippen LogP) is 3.98. The van der Waals surface area contributed by atoms with Gasteiger partial charge < -0.3 is 14.1 Å². The number of benzene rings is 1. The molecule has 4 rings (SSSR count). The van der Waals surface area contributed by atoms with Crippen LogP contribution >= 0.6 is 0 Å². The molecular formula is C22H29N3O3. The van der Waals surface area contributed by atoms with E-state index in [1.807, 2.05) is 17.9 Å². The molecule has 1 amide bonds. The van der Waals surface area contributed by atoms with Crippen molar-refractivity contribution in [2.75, 3.05) is 20.2 Å². The Kier molecular flexibility index (Phi) is 5.38. The molecule has 2 fully saturated rings. The van der Waals surface area contributed by atoms with Crippen molar-refractivity contribution in [3.05, 3.63) is 41.1 Å². The summed E-state index contributed by atoms with van der Waals surface area (Å²) in [7, 11) is 1.70. The van der Waals surface area contributed by atoms with Gasteiger partial charge in [0.25, 0.3) is 0 Å². The lowest BCUT2D eigenvalue weighted by Crippen LogP contribution is -2.38. The van der Waals surface area contributed by atoms with Gasteiger partial charge in [-0.15, -0.1) is 10.2 Å². The minimum atomic E-state index is 0.269. The van der Waals surface area contributed by atoms with Crippen LogP contribution in [0, 0.1) is 19.8 Å². The summed E-state index contributed by atoms with van der Waals surface area (Å²) in [5.74, 6) is 3.72. The first-order valence-corrected chi connectivity index (χ1v) is 10.3. The lowest BCUT2D eigenvalue weighted by molar-refractivity contribution is -0.132. The largest absolute Gasteiger partial charge is 0.496 e. The molecule has 1 aliphatic carbocycles. The zero-order valence-corrected chi connectivity index (χ0v) is 17.0. The van der Waals surface area contributed by atoms with Crippen molar-refractivity contribution in [3.63, 3.8) is 0 Å². The van der Waals surface area contributed by atoms with Crippen LogP contribution in [0.5, 0.6) is 5.75 Å². The van der Waals surface area contributed by atoms with E-state index >= 15 is 0 Å². The lowest BCUT2D eigenvalue weighted by Gasteiger charge is -2.32. The molecule has 1 atom stereocenters. The van der Waals surface area contributed by atoms with Gasteiger partial charge in [-0.25, -0.2) is 0 Å². The number of hydrogen-bond donors (Lipinski definition) is 0. The van der Waals surface area contributed by atoms with Gasteiger partial charge in [0.05, 0.1) is 7.11 Å². The van der Waals surface area contributed by atoms with Crippen LogP contribution in [0.25, 0.3) is 0 Å². The molecule has 0 bridgehead atoms. The van der Waals surface area contributed by atoms with E-state index in [0.29, 0.717) is 30.0 Å². The fraction of sp³-hybridized carbons (Fsp3) is 0.591. The zero-order valence-electron chi connectivity index (χ0n) is 17.0. The second kappa shape index (κ2) is 7.94. The highest BCUT2D eigenvalue weighted by molar-refractivity contribution is 5.77. The summed E-state index contributed by atoms with van der Waals surface area (Å²) in [5, 5.41) is 8.08. The van der Waals surface area contributed by atoms with Gasteiger partial charge in [0.1, 0.15) is 5.75 Å². The van der Waals surface area contributed by atoms with Gasteiger partial charge in [-0.1, -0.05) is 12.1 Å². The maximum absolute atomic E-state index is 13.0. The molecular weight excluding hydrogens is 354 g/mol. The monoisotopic (exact) mass is 383 g/mol. The minimum Gasteiger partial charge on any atom is -0.496 e. The topological polar surface area (TPSA) is 68.5 Å². The molecule has 0 N–H and O–H groups in total. The summed E-state index contributed by atoms with van der Waals surface area (Å²) in [5.41, 5.74) is 2.40. The number of ether oxygens (including phenoxy) is 1. The molecule has 1 aliphatic heterocycles. The van der Waals surface area contributed by atoms with Crippen LogP contribution in [-0.4, -0.2) is 41.2 Å². The van der Waals surface area contributed by atoms with E-state index in [-0.39, 0.29) is 11.8 Å². The Morgan fingerprint density at radius 2 is 1.96 bits per heavy atom. The molecule has 0 spiro atoms. The number of hydrogen-bond acceptors (Lipinski definition) is 5. The number of piperidine rings is 1. The molecule has 150 valence electrons. The minimum absolute atomic E-state index is 0.269. The van der Waals surface area contributed by atoms with Crippen molar-refractivity contribution < 1.29 is 13.9 Å². The van der Waals surface area contributed by atoms with Gasteiger partial charge in [0, 0.05) is 32.4 Å². The highest BCUT2D eigenvalue weighted by atomic mass is 16.5. The predicted molar refractivity (Wildman–Crippen MR) is 105 cm³/mol. The first-order valence-electron chi connectivity index (χ1n) is 10.3. The number of carbonyl (C=O) groups is 1. The Balaban J connectivity index is 1.38. The number of amides is 1. The summed E-state index contributed by atoms with van der Waals surface area (Å²) in [4.78, 5) is 15.0. The van der Waals surface area contributed by atoms with Crippen molar-refractivity contribution >= 4 is 5.91 Å². The van der Waals surface area contributed by atoms with E-state index in [4.69, 9.17) is 9.15 Å². The molecule has 28 heavy (non-hydrogen) atoms. The van der Waals surface area contributed by atoms with Gasteiger partial charge in [0.15, 0.2) is 0 Å². The third-order valence-corrected chi connectivity index (χ3v) is 6.17. The summed E-state index contributed by atoms with van der Waals surface area (Å²) < 4.78 is 11.0. The van der Waals surface area contributed by atoms with Crippen LogP contribution in [0.1, 0.15) is 66.8 Å². The molecule has 6 heteroatoms. The van der Waals surface area contributed by atoms with E-state index in [9.17, 15) is 4.79 Å². The second-order valence-corrected chi connectivity index (χ2v) is 8.19. The molecule has 2 heterocycles. The molecule has 1 unspecified atom stereocenters. The van der Waals surface area contributed by atoms with E-state index in [1.54, 1.807) is 7.11 Å². The van der Waals surface area contributed by atoms with E-state index in [1.165, 1.54) is 18.4 Å². The number of carbonyl (C=O) groups excluding carboxylic acids is 1. The summed E-state index contributed by atoms with van der Waals surface area (Å²) in [6.07, 6.45) is 4.83. The van der Waals surface area contributed by atoms with Crippen LogP contribution < -0.4 is 4.74 Å². The quantitative estimate of drug-likeness (QED) is 0.755. The molecule has 1 saturated carbocycles. The van der Waals surface area contributed by atoms with E-state index in [2.05, 4.69) is 29.3 Å². The Hall–Kier alpha value is -2.37. The van der Waals surface area contributed by atoms with Crippen LogP contribution in [0.3, 0.4) is 0 Å². The van der Waals surface area contributed by atoms with Gasteiger partial charge >= 0.3 is 0 Å². The SMILES string of the molecule is COc1ccc(C(CC(=O)N2CCC(c3nnc(C)o3)CC2)C2CC2)cc1C. The number of aryl methyl sites for hydroxylation is 2. The molecule has 0 radical (unpaired) electrons. The molecule has 6 nitrogen and oxygen atoms in total. The normalized spacial score (nSPS) is 18.9. The Morgan fingerprint density at radius 1 is 1.21 bits per heavy atom. The number of methoxy groups -OCH3 is 1. The Labute approximate surface area is 166 Å². The lowest BCUT2D eigenvalue weighted by atomic mass is 9.88. The second-order valence-electron chi connectivity index (χ2n) is 8.19. The molecule has 2 aliphatic rings. The van der Waals surface area contributed by atoms with Gasteiger partial charge in [-0.3, -0.25) is 4.79 Å². The first kappa shape index (κ1) is 19.0. The summed E-state index contributed by atoms with van der Waals surface area (Å²) in [6.45, 7) is 5.42. The van der Waals surface area contributed by atoms with Crippen molar-refractivity contribution in [3.8, 4) is 5.75 Å². The van der Waals surface area contributed by atoms with E-state index in [0.717, 1.165) is 37.2 Å². The van der Waals surface area contributed by atoms with E-state index < -0.39 is 0 Å². The first-order chi connectivity index (χ1) is 13.5. The number of likely N-dealkylation sites (tertiary alicyclic amines) is 1. The summed E-state index contributed by atoms with van der Waals surface area (Å²) >= 11 is 0. The molecule has 1 saturated heterocycles. The van der Waals surface area contributed by atoms with Crippen LogP contribution in [0.15, 0.2) is 22.6 Å². The smallest absolute Gasteiger partial charge is 0.223 e. The zero-order chi connectivity index (χ0) is 19.7. The van der Waals surface area contributed by atoms with Crippen LogP contribution in [0.4, 0.5) is 0 Å². The highest BCUT2D eigenvalue weighted by Crippen LogP contribution is 2.45. The number of rotatable bonds is 6. The van der Waals surface area contributed by atoms with Gasteiger partial charge in [-0.2, -0.15) is 0 Å². The highest BCUT2D eigenvalue weighted by Gasteiger charge is 2.36. The average molecular weight is 383 g/mol. The Morgan fingerprint density at radius 3 is 2.54 bits per heavy atom. The van der Waals surface area contributed by atoms with Crippen LogP contribution in [0.2, 0.25) is 0 Å². The average Bonchev–Trinajstić information content (AvgIpc) is 3.46. The Bertz CT molecular complexity index is 835. The third kappa shape index (κ3) is 4.05. The number of aromatic nitrogens is 2. The van der Waals surface area contributed by atoms with Crippen LogP contribution in [-0.2, 0) is 4.79 Å². The van der Waals surface area contributed by atoms with Crippen molar-refractivity contribution in [1.29, 1.82) is 0 Å².